The molecule has 42 heavy (non-hydrogen) atoms. The van der Waals surface area contributed by atoms with Gasteiger partial charge >= 0.3 is 0 Å². The Hall–Kier alpha value is -4.33. The highest BCUT2D eigenvalue weighted by atomic mass is 16.5. The predicted octanol–water partition coefficient (Wildman–Crippen LogP) is 5.66. The molecule has 0 aliphatic carbocycles. The first-order valence-corrected chi connectivity index (χ1v) is 14.9. The van der Waals surface area contributed by atoms with Crippen LogP contribution < -0.4 is 15.0 Å². The van der Waals surface area contributed by atoms with Crippen LogP contribution in [-0.4, -0.2) is 73.9 Å². The lowest BCUT2D eigenvalue weighted by Crippen LogP contribution is -2.38. The van der Waals surface area contributed by atoms with Crippen LogP contribution in [-0.2, 0) is 4.79 Å². The maximum atomic E-state index is 13.7. The number of benzene rings is 3. The van der Waals surface area contributed by atoms with Gasteiger partial charge in [-0.15, -0.1) is 0 Å². The van der Waals surface area contributed by atoms with E-state index in [2.05, 4.69) is 17.1 Å². The van der Waals surface area contributed by atoms with Crippen molar-refractivity contribution >= 4 is 29.1 Å². The molecule has 3 aromatic carbocycles. The fourth-order valence-corrected chi connectivity index (χ4v) is 5.53. The van der Waals surface area contributed by atoms with Crippen molar-refractivity contribution in [3.05, 3.63) is 89.5 Å². The molecule has 8 heteroatoms. The molecule has 1 atom stereocenters. The van der Waals surface area contributed by atoms with E-state index in [1.165, 1.54) is 0 Å². The lowest BCUT2D eigenvalue weighted by Gasteiger charge is -2.29. The Morgan fingerprint density at radius 3 is 2.24 bits per heavy atom. The molecule has 1 fully saturated rings. The number of hydrogen-bond acceptors (Lipinski definition) is 5. The molecule has 1 aliphatic heterocycles. The first-order valence-electron chi connectivity index (χ1n) is 14.9. The van der Waals surface area contributed by atoms with Crippen LogP contribution in [0.1, 0.15) is 65.8 Å². The second kappa shape index (κ2) is 14.5. The Labute approximate surface area is 249 Å². The second-order valence-electron chi connectivity index (χ2n) is 10.4. The number of nitrogens with one attached hydrogen (secondary N) is 1. The highest BCUT2D eigenvalue weighted by Crippen LogP contribution is 2.29. The zero-order chi connectivity index (χ0) is 30.1. The van der Waals surface area contributed by atoms with Gasteiger partial charge in [0, 0.05) is 56.2 Å². The molecule has 3 amide bonds. The fraction of sp³-hybridized carbons (Fsp3) is 0.382. The molecular weight excluding hydrogens is 528 g/mol. The Morgan fingerprint density at radius 1 is 0.881 bits per heavy atom. The molecule has 1 unspecified atom stereocenters. The number of rotatable bonds is 10. The van der Waals surface area contributed by atoms with E-state index in [1.807, 2.05) is 61.2 Å². The summed E-state index contributed by atoms with van der Waals surface area (Å²) >= 11 is 0. The number of nitrogens with zero attached hydrogens (tertiary/aromatic N) is 3. The van der Waals surface area contributed by atoms with Crippen LogP contribution in [0, 0.1) is 0 Å². The van der Waals surface area contributed by atoms with Crippen LogP contribution in [0.4, 0.5) is 11.4 Å². The van der Waals surface area contributed by atoms with E-state index in [-0.39, 0.29) is 23.6 Å². The number of anilines is 2. The third-order valence-corrected chi connectivity index (χ3v) is 7.94. The van der Waals surface area contributed by atoms with E-state index >= 15 is 0 Å². The smallest absolute Gasteiger partial charge is 0.256 e. The van der Waals surface area contributed by atoms with Crippen molar-refractivity contribution in [3.8, 4) is 5.75 Å². The van der Waals surface area contributed by atoms with Gasteiger partial charge in [-0.2, -0.15) is 0 Å². The largest absolute Gasteiger partial charge is 0.497 e. The monoisotopic (exact) mass is 570 g/mol. The van der Waals surface area contributed by atoms with Crippen molar-refractivity contribution in [1.82, 2.24) is 9.80 Å². The van der Waals surface area contributed by atoms with Crippen molar-refractivity contribution in [3.63, 3.8) is 0 Å². The molecule has 3 aromatic rings. The van der Waals surface area contributed by atoms with Gasteiger partial charge in [0.2, 0.25) is 5.91 Å². The summed E-state index contributed by atoms with van der Waals surface area (Å²) in [6, 6.07) is 22.4. The highest BCUT2D eigenvalue weighted by molar-refractivity contribution is 6.06. The SMILES string of the molecule is CCC(C(=O)N1CCCN(c2ccc(NC(=O)c3ccc(OC)cc3)cc2C(=O)N(CC)CC)CC1)c1ccccc1. The highest BCUT2D eigenvalue weighted by Gasteiger charge is 2.28. The number of amides is 3. The first kappa shape index (κ1) is 30.6. The van der Waals surface area contributed by atoms with Crippen LogP contribution in [0.5, 0.6) is 5.75 Å². The molecule has 222 valence electrons. The quantitative estimate of drug-likeness (QED) is 0.340. The van der Waals surface area contributed by atoms with Crippen molar-refractivity contribution in [2.45, 2.75) is 39.5 Å². The normalized spacial score (nSPS) is 14.1. The minimum atomic E-state index is -0.264. The lowest BCUT2D eigenvalue weighted by atomic mass is 9.95. The van der Waals surface area contributed by atoms with Crippen molar-refractivity contribution in [2.24, 2.45) is 0 Å². The summed E-state index contributed by atoms with van der Waals surface area (Å²) in [6.45, 7) is 9.74. The summed E-state index contributed by atoms with van der Waals surface area (Å²) in [5.41, 5.74) is 3.45. The van der Waals surface area contributed by atoms with Gasteiger partial charge < -0.3 is 24.8 Å². The summed E-state index contributed by atoms with van der Waals surface area (Å²) in [4.78, 5) is 46.2. The average Bonchev–Trinajstić information content (AvgIpc) is 3.29. The summed E-state index contributed by atoms with van der Waals surface area (Å²) in [5, 5.41) is 2.94. The Balaban J connectivity index is 1.56. The van der Waals surface area contributed by atoms with Gasteiger partial charge in [0.05, 0.1) is 18.6 Å². The van der Waals surface area contributed by atoms with Crippen LogP contribution >= 0.6 is 0 Å². The van der Waals surface area contributed by atoms with Gasteiger partial charge in [-0.05, 0) is 74.7 Å². The van der Waals surface area contributed by atoms with Crippen LogP contribution in [0.2, 0.25) is 0 Å². The third kappa shape index (κ3) is 7.11. The third-order valence-electron chi connectivity index (χ3n) is 7.94. The summed E-state index contributed by atoms with van der Waals surface area (Å²) < 4.78 is 5.19. The zero-order valence-corrected chi connectivity index (χ0v) is 25.1. The van der Waals surface area contributed by atoms with Crippen LogP contribution in [0.3, 0.4) is 0 Å². The fourth-order valence-electron chi connectivity index (χ4n) is 5.53. The Bertz CT molecular complexity index is 1360. The summed E-state index contributed by atoms with van der Waals surface area (Å²) in [7, 11) is 1.58. The average molecular weight is 571 g/mol. The van der Waals surface area contributed by atoms with Gasteiger partial charge in [-0.3, -0.25) is 14.4 Å². The molecule has 4 rings (SSSR count). The molecule has 1 aliphatic rings. The maximum Gasteiger partial charge on any atom is 0.256 e. The van der Waals surface area contributed by atoms with Crippen LogP contribution in [0.25, 0.3) is 0 Å². The van der Waals surface area contributed by atoms with Gasteiger partial charge in [0.1, 0.15) is 5.75 Å². The van der Waals surface area contributed by atoms with E-state index in [0.29, 0.717) is 55.3 Å². The molecule has 1 saturated heterocycles. The predicted molar refractivity (Wildman–Crippen MR) is 168 cm³/mol. The van der Waals surface area contributed by atoms with E-state index in [0.717, 1.165) is 30.6 Å². The van der Waals surface area contributed by atoms with E-state index < -0.39 is 0 Å². The summed E-state index contributed by atoms with van der Waals surface area (Å²) in [6.07, 6.45) is 1.54. The van der Waals surface area contributed by atoms with Crippen molar-refractivity contribution in [2.75, 3.05) is 56.6 Å². The number of carbonyl (C=O) groups is 3. The van der Waals surface area contributed by atoms with E-state index in [1.54, 1.807) is 42.3 Å². The molecule has 0 bridgehead atoms. The second-order valence-corrected chi connectivity index (χ2v) is 10.4. The molecule has 0 saturated carbocycles. The molecular formula is C34H42N4O4. The maximum absolute atomic E-state index is 13.7. The minimum absolute atomic E-state index is 0.0807. The van der Waals surface area contributed by atoms with Crippen molar-refractivity contribution in [1.29, 1.82) is 0 Å². The van der Waals surface area contributed by atoms with Gasteiger partial charge in [-0.1, -0.05) is 37.3 Å². The number of hydrogen-bond donors (Lipinski definition) is 1. The van der Waals surface area contributed by atoms with Crippen LogP contribution in [0.15, 0.2) is 72.8 Å². The standard InChI is InChI=1S/C34H42N4O4/c1-5-29(25-12-9-8-10-13-25)33(40)38-21-11-20-37(22-23-38)31-19-16-27(24-30(31)34(41)36(6-2)7-3)35-32(39)26-14-17-28(42-4)18-15-26/h8-10,12-19,24,29H,5-7,11,20-23H2,1-4H3,(H,35,39). The molecule has 8 nitrogen and oxygen atoms in total. The molecule has 0 spiro atoms. The molecule has 0 aromatic heterocycles. The molecule has 1 heterocycles. The minimum Gasteiger partial charge on any atom is -0.497 e. The first-order chi connectivity index (χ1) is 20.4. The molecule has 0 radical (unpaired) electrons. The topological polar surface area (TPSA) is 82.2 Å². The number of ether oxygens (including phenoxy) is 1. The van der Waals surface area contributed by atoms with Gasteiger partial charge in [0.15, 0.2) is 0 Å². The summed E-state index contributed by atoms with van der Waals surface area (Å²) in [5.74, 6) is 0.320. The number of methoxy groups -OCH3 is 1. The van der Waals surface area contributed by atoms with Gasteiger partial charge in [0.25, 0.3) is 11.8 Å². The zero-order valence-electron chi connectivity index (χ0n) is 25.1. The number of carbonyl (C=O) groups excluding carboxylic acids is 3. The Morgan fingerprint density at radius 2 is 1.60 bits per heavy atom. The molecule has 1 N–H and O–H groups in total. The lowest BCUT2D eigenvalue weighted by molar-refractivity contribution is -0.132. The van der Waals surface area contributed by atoms with E-state index in [4.69, 9.17) is 4.74 Å². The van der Waals surface area contributed by atoms with Crippen molar-refractivity contribution < 1.29 is 19.1 Å². The Kier molecular flexibility index (Phi) is 10.6. The van der Waals surface area contributed by atoms with E-state index in [9.17, 15) is 14.4 Å². The van der Waals surface area contributed by atoms with Gasteiger partial charge in [-0.25, -0.2) is 0 Å².